The van der Waals surface area contributed by atoms with E-state index in [2.05, 4.69) is 19.8 Å². The lowest BCUT2D eigenvalue weighted by molar-refractivity contribution is 0.264. The van der Waals surface area contributed by atoms with Crippen LogP contribution in [0.1, 0.15) is 0 Å². The van der Waals surface area contributed by atoms with E-state index in [1.54, 1.807) is 13.3 Å². The molecular formula is C11H18ClN5O. The van der Waals surface area contributed by atoms with Crippen molar-refractivity contribution in [3.8, 4) is 6.01 Å². The molecule has 0 amide bonds. The van der Waals surface area contributed by atoms with Crippen LogP contribution >= 0.6 is 11.6 Å². The molecular weight excluding hydrogens is 254 g/mol. The van der Waals surface area contributed by atoms with Crippen LogP contribution in [0, 0.1) is 0 Å². The summed E-state index contributed by atoms with van der Waals surface area (Å²) in [5, 5.41) is 0.558. The molecule has 7 heteroatoms. The Morgan fingerprint density at radius 1 is 1.39 bits per heavy atom. The van der Waals surface area contributed by atoms with Gasteiger partial charge in [-0.05, 0) is 0 Å². The SMILES string of the molecule is COc1ncc(Cl)c(N2CCN(CCN)CC2)n1. The fourth-order valence-corrected chi connectivity index (χ4v) is 2.24. The Kier molecular flexibility index (Phi) is 4.57. The molecule has 2 N–H and O–H groups in total. The van der Waals surface area contributed by atoms with Gasteiger partial charge >= 0.3 is 6.01 Å². The van der Waals surface area contributed by atoms with Crippen molar-refractivity contribution in [3.63, 3.8) is 0 Å². The normalized spacial score (nSPS) is 16.9. The smallest absolute Gasteiger partial charge is 0.318 e. The molecule has 0 atom stereocenters. The molecule has 6 nitrogen and oxygen atoms in total. The van der Waals surface area contributed by atoms with Gasteiger partial charge in [0.2, 0.25) is 0 Å². The van der Waals surface area contributed by atoms with Gasteiger partial charge in [0.15, 0.2) is 5.82 Å². The van der Waals surface area contributed by atoms with Crippen molar-refractivity contribution in [2.75, 3.05) is 51.3 Å². The van der Waals surface area contributed by atoms with Gasteiger partial charge in [-0.15, -0.1) is 0 Å². The summed E-state index contributed by atoms with van der Waals surface area (Å²) in [6.07, 6.45) is 1.58. The van der Waals surface area contributed by atoms with E-state index in [-0.39, 0.29) is 0 Å². The molecule has 1 saturated heterocycles. The fraction of sp³-hybridized carbons (Fsp3) is 0.636. The Balaban J connectivity index is 2.04. The van der Waals surface area contributed by atoms with Crippen LogP contribution in [0.15, 0.2) is 6.20 Å². The van der Waals surface area contributed by atoms with Gasteiger partial charge in [0.05, 0.1) is 13.3 Å². The number of halogens is 1. The Labute approximate surface area is 112 Å². The van der Waals surface area contributed by atoms with Crippen molar-refractivity contribution >= 4 is 17.4 Å². The zero-order valence-electron chi connectivity index (χ0n) is 10.5. The predicted molar refractivity (Wildman–Crippen MR) is 71.3 cm³/mol. The van der Waals surface area contributed by atoms with Crippen LogP contribution in [-0.4, -0.2) is 61.2 Å². The van der Waals surface area contributed by atoms with Gasteiger partial charge in [0.1, 0.15) is 5.02 Å². The first-order valence-corrected chi connectivity index (χ1v) is 6.36. The Bertz CT molecular complexity index is 395. The first-order chi connectivity index (χ1) is 8.74. The summed E-state index contributed by atoms with van der Waals surface area (Å²) in [5.41, 5.74) is 5.55. The largest absolute Gasteiger partial charge is 0.467 e. The third kappa shape index (κ3) is 3.01. The van der Waals surface area contributed by atoms with E-state index in [1.807, 2.05) is 0 Å². The minimum atomic E-state index is 0.346. The number of anilines is 1. The monoisotopic (exact) mass is 271 g/mol. The van der Waals surface area contributed by atoms with Gasteiger partial charge in [-0.25, -0.2) is 4.98 Å². The Morgan fingerprint density at radius 3 is 2.72 bits per heavy atom. The number of hydrogen-bond donors (Lipinski definition) is 1. The summed E-state index contributed by atoms with van der Waals surface area (Å²) in [4.78, 5) is 12.8. The highest BCUT2D eigenvalue weighted by atomic mass is 35.5. The van der Waals surface area contributed by atoms with E-state index >= 15 is 0 Å². The highest BCUT2D eigenvalue weighted by Gasteiger charge is 2.20. The van der Waals surface area contributed by atoms with Crippen LogP contribution in [0.3, 0.4) is 0 Å². The molecule has 0 bridgehead atoms. The third-order valence-electron chi connectivity index (χ3n) is 3.00. The average molecular weight is 272 g/mol. The molecule has 1 aliphatic heterocycles. The fourth-order valence-electron chi connectivity index (χ4n) is 2.03. The van der Waals surface area contributed by atoms with Gasteiger partial charge in [0, 0.05) is 39.3 Å². The predicted octanol–water partition coefficient (Wildman–Crippen LogP) is 0.219. The summed E-state index contributed by atoms with van der Waals surface area (Å²) >= 11 is 6.13. The number of hydrogen-bond acceptors (Lipinski definition) is 6. The second-order valence-corrected chi connectivity index (χ2v) is 4.55. The maximum Gasteiger partial charge on any atom is 0.318 e. The molecule has 100 valence electrons. The topological polar surface area (TPSA) is 67.5 Å². The van der Waals surface area contributed by atoms with Crippen LogP contribution in [0.4, 0.5) is 5.82 Å². The second kappa shape index (κ2) is 6.17. The molecule has 0 saturated carbocycles. The lowest BCUT2D eigenvalue weighted by Gasteiger charge is -2.35. The number of piperazine rings is 1. The molecule has 0 aromatic carbocycles. The number of nitrogens with two attached hydrogens (primary N) is 1. The molecule has 0 spiro atoms. The molecule has 18 heavy (non-hydrogen) atoms. The zero-order valence-corrected chi connectivity index (χ0v) is 11.2. The van der Waals surface area contributed by atoms with Crippen molar-refractivity contribution in [3.05, 3.63) is 11.2 Å². The molecule has 0 radical (unpaired) electrons. The molecule has 0 unspecified atom stereocenters. The number of methoxy groups -OCH3 is 1. The number of ether oxygens (including phenoxy) is 1. The van der Waals surface area contributed by atoms with Gasteiger partial charge in [-0.3, -0.25) is 4.90 Å². The number of rotatable bonds is 4. The highest BCUT2D eigenvalue weighted by Crippen LogP contribution is 2.25. The van der Waals surface area contributed by atoms with Gasteiger partial charge < -0.3 is 15.4 Å². The summed E-state index contributed by atoms with van der Waals surface area (Å²) < 4.78 is 5.03. The average Bonchev–Trinajstić information content (AvgIpc) is 2.41. The summed E-state index contributed by atoms with van der Waals surface area (Å²) in [6, 6.07) is 0.346. The number of aromatic nitrogens is 2. The third-order valence-corrected chi connectivity index (χ3v) is 3.27. The highest BCUT2D eigenvalue weighted by molar-refractivity contribution is 6.32. The van der Waals surface area contributed by atoms with E-state index < -0.39 is 0 Å². The summed E-state index contributed by atoms with van der Waals surface area (Å²) in [5.74, 6) is 0.746. The van der Waals surface area contributed by atoms with E-state index in [4.69, 9.17) is 22.1 Å². The molecule has 1 fully saturated rings. The maximum atomic E-state index is 6.13. The van der Waals surface area contributed by atoms with Gasteiger partial charge in [-0.2, -0.15) is 4.98 Å². The first-order valence-electron chi connectivity index (χ1n) is 5.98. The molecule has 2 heterocycles. The minimum absolute atomic E-state index is 0.346. The van der Waals surface area contributed by atoms with Crippen LogP contribution in [0.5, 0.6) is 6.01 Å². The maximum absolute atomic E-state index is 6.13. The summed E-state index contributed by atoms with van der Waals surface area (Å²) in [7, 11) is 1.55. The lowest BCUT2D eigenvalue weighted by atomic mass is 10.3. The second-order valence-electron chi connectivity index (χ2n) is 4.15. The minimum Gasteiger partial charge on any atom is -0.467 e. The van der Waals surface area contributed by atoms with Gasteiger partial charge in [-0.1, -0.05) is 11.6 Å². The van der Waals surface area contributed by atoms with E-state index in [0.29, 0.717) is 17.6 Å². The lowest BCUT2D eigenvalue weighted by Crippen LogP contribution is -2.48. The summed E-state index contributed by atoms with van der Waals surface area (Å²) in [6.45, 7) is 5.36. The van der Waals surface area contributed by atoms with Crippen LogP contribution in [-0.2, 0) is 0 Å². The van der Waals surface area contributed by atoms with Crippen LogP contribution in [0.25, 0.3) is 0 Å². The molecule has 0 aliphatic carbocycles. The molecule has 1 aliphatic rings. The van der Waals surface area contributed by atoms with Crippen molar-refractivity contribution in [2.24, 2.45) is 5.73 Å². The molecule has 2 rings (SSSR count). The van der Waals surface area contributed by atoms with Crippen LogP contribution in [0.2, 0.25) is 5.02 Å². The quantitative estimate of drug-likeness (QED) is 0.845. The van der Waals surface area contributed by atoms with E-state index in [1.165, 1.54) is 0 Å². The van der Waals surface area contributed by atoms with Crippen LogP contribution < -0.4 is 15.4 Å². The number of nitrogens with zero attached hydrogens (tertiary/aromatic N) is 4. The van der Waals surface area contributed by atoms with Crippen molar-refractivity contribution in [1.82, 2.24) is 14.9 Å². The van der Waals surface area contributed by atoms with E-state index in [9.17, 15) is 0 Å². The Morgan fingerprint density at radius 2 is 2.11 bits per heavy atom. The van der Waals surface area contributed by atoms with Crippen molar-refractivity contribution in [1.29, 1.82) is 0 Å². The Hall–Kier alpha value is -1.11. The van der Waals surface area contributed by atoms with Crippen molar-refractivity contribution in [2.45, 2.75) is 0 Å². The first kappa shape index (κ1) is 13.3. The van der Waals surface area contributed by atoms with Gasteiger partial charge in [0.25, 0.3) is 0 Å². The molecule has 1 aromatic heterocycles. The standard InChI is InChI=1S/C11H18ClN5O/c1-18-11-14-8-9(12)10(15-11)17-6-4-16(3-2-13)5-7-17/h8H,2-7,13H2,1H3. The van der Waals surface area contributed by atoms with E-state index in [0.717, 1.165) is 38.5 Å². The molecule has 1 aromatic rings. The van der Waals surface area contributed by atoms with Crippen molar-refractivity contribution < 1.29 is 4.74 Å². The zero-order chi connectivity index (χ0) is 13.0.